The Labute approximate surface area is 155 Å². The molecule has 2 N–H and O–H groups in total. The van der Waals surface area contributed by atoms with Crippen molar-refractivity contribution in [2.45, 2.75) is 24.4 Å². The Hall–Kier alpha value is -2.62. The predicted molar refractivity (Wildman–Crippen MR) is 87.6 cm³/mol. The van der Waals surface area contributed by atoms with Gasteiger partial charge in [0.2, 0.25) is 0 Å². The van der Waals surface area contributed by atoms with Crippen molar-refractivity contribution >= 4 is 23.4 Å². The zero-order chi connectivity index (χ0) is 20.0. The molecule has 0 atom stereocenters. The van der Waals surface area contributed by atoms with Crippen LogP contribution in [0.5, 0.6) is 0 Å². The Morgan fingerprint density at radius 2 is 2.04 bits per heavy atom. The molecular formula is C16H13ClF4N4O2. The van der Waals surface area contributed by atoms with Gasteiger partial charge in [0.1, 0.15) is 11.5 Å². The summed E-state index contributed by atoms with van der Waals surface area (Å²) in [6.07, 6.45) is -3.57. The Morgan fingerprint density at radius 3 is 2.56 bits per heavy atom. The van der Waals surface area contributed by atoms with Crippen LogP contribution in [0.4, 0.5) is 17.6 Å². The predicted octanol–water partition coefficient (Wildman–Crippen LogP) is 3.39. The number of benzene rings is 1. The van der Waals surface area contributed by atoms with E-state index in [0.29, 0.717) is 29.2 Å². The SMILES string of the molecule is Cn1nc(C(=O)ON=C(N)C2(c3ccc(F)cc3Cl)CC2)cc1C(F)(F)F. The third-order valence-corrected chi connectivity index (χ3v) is 4.61. The van der Waals surface area contributed by atoms with Gasteiger partial charge in [-0.2, -0.15) is 18.3 Å². The summed E-state index contributed by atoms with van der Waals surface area (Å²) in [5.74, 6) is -1.79. The van der Waals surface area contributed by atoms with E-state index in [4.69, 9.17) is 17.3 Å². The number of hydrogen-bond acceptors (Lipinski definition) is 4. The van der Waals surface area contributed by atoms with Gasteiger partial charge in [0.25, 0.3) is 0 Å². The number of hydrogen-bond donors (Lipinski definition) is 1. The van der Waals surface area contributed by atoms with Crippen LogP contribution in [-0.4, -0.2) is 21.6 Å². The summed E-state index contributed by atoms with van der Waals surface area (Å²) in [6, 6.07) is 4.36. The van der Waals surface area contributed by atoms with Crippen molar-refractivity contribution in [1.29, 1.82) is 0 Å². The number of nitrogens with two attached hydrogens (primary N) is 1. The maximum Gasteiger partial charge on any atom is 0.433 e. The van der Waals surface area contributed by atoms with Crippen LogP contribution < -0.4 is 5.73 Å². The molecule has 0 unspecified atom stereocenters. The number of aromatic nitrogens is 2. The van der Waals surface area contributed by atoms with Gasteiger partial charge in [-0.25, -0.2) is 9.18 Å². The number of alkyl halides is 3. The largest absolute Gasteiger partial charge is 0.433 e. The Bertz CT molecular complexity index is 935. The fraction of sp³-hybridized carbons (Fsp3) is 0.312. The lowest BCUT2D eigenvalue weighted by atomic mass is 9.95. The van der Waals surface area contributed by atoms with E-state index in [1.165, 1.54) is 12.1 Å². The van der Waals surface area contributed by atoms with Crippen LogP contribution in [0.25, 0.3) is 0 Å². The van der Waals surface area contributed by atoms with E-state index in [9.17, 15) is 22.4 Å². The number of rotatable bonds is 4. The van der Waals surface area contributed by atoms with Crippen LogP contribution >= 0.6 is 11.6 Å². The minimum absolute atomic E-state index is 0.0867. The zero-order valence-electron chi connectivity index (χ0n) is 13.8. The van der Waals surface area contributed by atoms with Gasteiger partial charge in [-0.15, -0.1) is 0 Å². The standard InChI is InChI=1S/C16H13ClF4N4O2/c1-25-12(16(19,20)21)7-11(23-25)13(26)27-24-14(22)15(4-5-15)9-3-2-8(18)6-10(9)17/h2-3,6-7H,4-5H2,1H3,(H2,22,24). The minimum atomic E-state index is -4.67. The molecule has 0 aliphatic heterocycles. The average Bonchev–Trinajstić information content (AvgIpc) is 3.26. The highest BCUT2D eigenvalue weighted by atomic mass is 35.5. The van der Waals surface area contributed by atoms with Crippen LogP contribution in [0.2, 0.25) is 5.02 Å². The normalized spacial score (nSPS) is 16.3. The van der Waals surface area contributed by atoms with E-state index in [1.807, 2.05) is 0 Å². The average molecular weight is 405 g/mol. The van der Waals surface area contributed by atoms with E-state index >= 15 is 0 Å². The second-order valence-corrected chi connectivity index (χ2v) is 6.50. The number of oxime groups is 1. The number of nitrogens with zero attached hydrogens (tertiary/aromatic N) is 3. The molecular weight excluding hydrogens is 392 g/mol. The maximum absolute atomic E-state index is 13.2. The first-order valence-electron chi connectivity index (χ1n) is 7.66. The topological polar surface area (TPSA) is 82.5 Å². The van der Waals surface area contributed by atoms with Crippen molar-refractivity contribution in [3.63, 3.8) is 0 Å². The summed E-state index contributed by atoms with van der Waals surface area (Å²) in [6.45, 7) is 0. The lowest BCUT2D eigenvalue weighted by Gasteiger charge is -2.16. The molecule has 3 rings (SSSR count). The van der Waals surface area contributed by atoms with Gasteiger partial charge < -0.3 is 10.6 Å². The highest BCUT2D eigenvalue weighted by Gasteiger charge is 2.50. The molecule has 0 spiro atoms. The van der Waals surface area contributed by atoms with Crippen molar-refractivity contribution < 1.29 is 27.2 Å². The molecule has 1 heterocycles. The van der Waals surface area contributed by atoms with Crippen molar-refractivity contribution in [3.05, 3.63) is 52.1 Å². The van der Waals surface area contributed by atoms with Gasteiger partial charge in [-0.1, -0.05) is 22.8 Å². The molecule has 0 radical (unpaired) electrons. The van der Waals surface area contributed by atoms with Crippen molar-refractivity contribution in [3.8, 4) is 0 Å². The second kappa shape index (κ2) is 6.52. The molecule has 11 heteroatoms. The highest BCUT2D eigenvalue weighted by molar-refractivity contribution is 6.32. The molecule has 0 saturated heterocycles. The molecule has 1 aromatic heterocycles. The van der Waals surface area contributed by atoms with Gasteiger partial charge in [-0.05, 0) is 30.5 Å². The number of aryl methyl sites for hydroxylation is 1. The Balaban J connectivity index is 1.79. The van der Waals surface area contributed by atoms with Crippen molar-refractivity contribution in [2.24, 2.45) is 17.9 Å². The molecule has 144 valence electrons. The molecule has 1 aliphatic carbocycles. The van der Waals surface area contributed by atoms with Gasteiger partial charge in [0, 0.05) is 18.1 Å². The minimum Gasteiger partial charge on any atom is -0.384 e. The molecule has 1 fully saturated rings. The van der Waals surface area contributed by atoms with Crippen molar-refractivity contribution in [2.75, 3.05) is 0 Å². The van der Waals surface area contributed by atoms with E-state index in [-0.39, 0.29) is 10.9 Å². The van der Waals surface area contributed by atoms with Crippen LogP contribution in [0, 0.1) is 5.82 Å². The fourth-order valence-corrected chi connectivity index (χ4v) is 3.07. The van der Waals surface area contributed by atoms with Crippen molar-refractivity contribution in [1.82, 2.24) is 9.78 Å². The molecule has 2 aromatic rings. The summed E-state index contributed by atoms with van der Waals surface area (Å²) in [7, 11) is 1.05. The van der Waals surface area contributed by atoms with Gasteiger partial charge in [0.15, 0.2) is 11.5 Å². The molecule has 1 saturated carbocycles. The molecule has 0 amide bonds. The number of halogens is 5. The monoisotopic (exact) mass is 404 g/mol. The molecule has 1 aromatic carbocycles. The van der Waals surface area contributed by atoms with Crippen LogP contribution in [0.15, 0.2) is 29.4 Å². The lowest BCUT2D eigenvalue weighted by Crippen LogP contribution is -2.30. The van der Waals surface area contributed by atoms with E-state index in [1.54, 1.807) is 0 Å². The third-order valence-electron chi connectivity index (χ3n) is 4.29. The van der Waals surface area contributed by atoms with Crippen LogP contribution in [-0.2, 0) is 23.5 Å². The number of carbonyl (C=O) groups is 1. The third kappa shape index (κ3) is 3.61. The quantitative estimate of drug-likeness (QED) is 0.278. The van der Waals surface area contributed by atoms with E-state index < -0.39 is 34.8 Å². The van der Waals surface area contributed by atoms with Crippen LogP contribution in [0.1, 0.15) is 34.6 Å². The molecule has 27 heavy (non-hydrogen) atoms. The summed E-state index contributed by atoms with van der Waals surface area (Å²) >= 11 is 6.04. The first-order valence-corrected chi connectivity index (χ1v) is 8.04. The number of carbonyl (C=O) groups excluding carboxylic acids is 1. The Morgan fingerprint density at radius 1 is 1.37 bits per heavy atom. The number of amidine groups is 1. The van der Waals surface area contributed by atoms with Gasteiger partial charge in [-0.3, -0.25) is 4.68 Å². The second-order valence-electron chi connectivity index (χ2n) is 6.10. The molecule has 0 bridgehead atoms. The van der Waals surface area contributed by atoms with Gasteiger partial charge in [0.05, 0.1) is 5.41 Å². The lowest BCUT2D eigenvalue weighted by molar-refractivity contribution is -0.143. The smallest absolute Gasteiger partial charge is 0.384 e. The zero-order valence-corrected chi connectivity index (χ0v) is 14.6. The van der Waals surface area contributed by atoms with Crippen LogP contribution in [0.3, 0.4) is 0 Å². The highest BCUT2D eigenvalue weighted by Crippen LogP contribution is 2.50. The first-order chi connectivity index (χ1) is 12.5. The van der Waals surface area contributed by atoms with E-state index in [0.717, 1.165) is 13.1 Å². The summed E-state index contributed by atoms with van der Waals surface area (Å²) in [4.78, 5) is 16.6. The summed E-state index contributed by atoms with van der Waals surface area (Å²) in [5, 5.41) is 7.15. The first kappa shape index (κ1) is 19.2. The van der Waals surface area contributed by atoms with Gasteiger partial charge >= 0.3 is 12.1 Å². The molecule has 1 aliphatic rings. The fourth-order valence-electron chi connectivity index (χ4n) is 2.72. The summed E-state index contributed by atoms with van der Waals surface area (Å²) in [5.41, 5.74) is 3.95. The Kier molecular flexibility index (Phi) is 4.62. The maximum atomic E-state index is 13.2. The molecule has 6 nitrogen and oxygen atoms in total. The van der Waals surface area contributed by atoms with E-state index in [2.05, 4.69) is 15.1 Å². The summed E-state index contributed by atoms with van der Waals surface area (Å²) < 4.78 is 52.0.